The minimum absolute atomic E-state index is 0.0577. The molecule has 0 saturated heterocycles. The molecule has 2 N–H and O–H groups in total. The van der Waals surface area contributed by atoms with Crippen molar-refractivity contribution in [3.8, 4) is 0 Å². The van der Waals surface area contributed by atoms with Crippen LogP contribution in [-0.2, 0) is 11.2 Å². The second-order valence-electron chi connectivity index (χ2n) is 5.14. The maximum Gasteiger partial charge on any atom is 0.227 e. The number of aliphatic hydroxyl groups is 1. The largest absolute Gasteiger partial charge is 0.390 e. The quantitative estimate of drug-likeness (QED) is 0.776. The van der Waals surface area contributed by atoms with Gasteiger partial charge in [-0.05, 0) is 37.1 Å². The highest BCUT2D eigenvalue weighted by molar-refractivity contribution is 5.96. The summed E-state index contributed by atoms with van der Waals surface area (Å²) in [6.45, 7) is 3.51. The highest BCUT2D eigenvalue weighted by Crippen LogP contribution is 2.28. The predicted molar refractivity (Wildman–Crippen MR) is 76.2 cm³/mol. The third-order valence-electron chi connectivity index (χ3n) is 3.45. The Balaban J connectivity index is 2.07. The maximum absolute atomic E-state index is 13.4. The summed E-state index contributed by atoms with van der Waals surface area (Å²) in [5, 5.41) is 13.1. The molecule has 0 radical (unpaired) electrons. The first-order valence-corrected chi connectivity index (χ1v) is 7.09. The SMILES string of the molecule is CCCNCC(O)CN1C(=O)CCc2ccc(F)cc21. The summed E-state index contributed by atoms with van der Waals surface area (Å²) in [5.74, 6) is -0.417. The first-order chi connectivity index (χ1) is 9.61. The number of hydrogen-bond donors (Lipinski definition) is 2. The van der Waals surface area contributed by atoms with Crippen molar-refractivity contribution in [2.75, 3.05) is 24.5 Å². The van der Waals surface area contributed by atoms with Gasteiger partial charge in [0, 0.05) is 18.7 Å². The smallest absolute Gasteiger partial charge is 0.227 e. The molecule has 5 heteroatoms. The Hall–Kier alpha value is -1.46. The molecule has 0 saturated carbocycles. The summed E-state index contributed by atoms with van der Waals surface area (Å²) in [6.07, 6.45) is 1.38. The molecule has 1 amide bonds. The molecule has 0 aromatic heterocycles. The summed E-state index contributed by atoms with van der Waals surface area (Å²) in [7, 11) is 0. The van der Waals surface area contributed by atoms with Crippen LogP contribution in [0.25, 0.3) is 0 Å². The average molecular weight is 280 g/mol. The zero-order valence-corrected chi connectivity index (χ0v) is 11.7. The van der Waals surface area contributed by atoms with Gasteiger partial charge in [-0.25, -0.2) is 4.39 Å². The lowest BCUT2D eigenvalue weighted by Crippen LogP contribution is -2.43. The number of benzene rings is 1. The first kappa shape index (κ1) is 14.9. The van der Waals surface area contributed by atoms with Crippen LogP contribution < -0.4 is 10.2 Å². The molecule has 1 aromatic rings. The number of anilines is 1. The number of carbonyl (C=O) groups excluding carboxylic acids is 1. The third kappa shape index (κ3) is 3.55. The number of β-amino-alcohol motifs (C(OH)–C–C–N with tert-alkyl or cyclic N) is 1. The van der Waals surface area contributed by atoms with Crippen LogP contribution in [-0.4, -0.2) is 36.8 Å². The van der Waals surface area contributed by atoms with E-state index in [9.17, 15) is 14.3 Å². The van der Waals surface area contributed by atoms with Crippen LogP contribution >= 0.6 is 0 Å². The average Bonchev–Trinajstić information content (AvgIpc) is 2.42. The van der Waals surface area contributed by atoms with Gasteiger partial charge in [0.25, 0.3) is 0 Å². The van der Waals surface area contributed by atoms with Crippen molar-refractivity contribution >= 4 is 11.6 Å². The van der Waals surface area contributed by atoms with Gasteiger partial charge in [0.15, 0.2) is 0 Å². The molecule has 20 heavy (non-hydrogen) atoms. The van der Waals surface area contributed by atoms with E-state index in [-0.39, 0.29) is 18.3 Å². The van der Waals surface area contributed by atoms with E-state index in [1.807, 2.05) is 6.92 Å². The summed E-state index contributed by atoms with van der Waals surface area (Å²) >= 11 is 0. The van der Waals surface area contributed by atoms with Gasteiger partial charge in [-0.15, -0.1) is 0 Å². The van der Waals surface area contributed by atoms with Gasteiger partial charge in [0.2, 0.25) is 5.91 Å². The highest BCUT2D eigenvalue weighted by atomic mass is 19.1. The number of nitrogens with zero attached hydrogens (tertiary/aromatic N) is 1. The highest BCUT2D eigenvalue weighted by Gasteiger charge is 2.26. The fourth-order valence-corrected chi connectivity index (χ4v) is 2.43. The number of halogens is 1. The van der Waals surface area contributed by atoms with Gasteiger partial charge < -0.3 is 15.3 Å². The molecule has 0 aliphatic carbocycles. The van der Waals surface area contributed by atoms with Crippen LogP contribution in [0.3, 0.4) is 0 Å². The van der Waals surface area contributed by atoms with E-state index >= 15 is 0 Å². The summed E-state index contributed by atoms with van der Waals surface area (Å²) in [5.41, 5.74) is 1.55. The van der Waals surface area contributed by atoms with Crippen molar-refractivity contribution in [3.63, 3.8) is 0 Å². The number of aliphatic hydroxyl groups excluding tert-OH is 1. The molecule has 2 rings (SSSR count). The molecule has 0 spiro atoms. The molecule has 1 aliphatic heterocycles. The van der Waals surface area contributed by atoms with Gasteiger partial charge in [-0.2, -0.15) is 0 Å². The normalized spacial score (nSPS) is 16.1. The lowest BCUT2D eigenvalue weighted by atomic mass is 10.0. The minimum Gasteiger partial charge on any atom is -0.390 e. The predicted octanol–water partition coefficient (Wildman–Crippen LogP) is 1.47. The number of hydrogen-bond acceptors (Lipinski definition) is 3. The van der Waals surface area contributed by atoms with Crippen molar-refractivity contribution in [1.82, 2.24) is 5.32 Å². The van der Waals surface area contributed by atoms with Crippen LogP contribution in [0, 0.1) is 5.82 Å². The minimum atomic E-state index is -0.653. The maximum atomic E-state index is 13.4. The summed E-state index contributed by atoms with van der Waals surface area (Å²) in [6, 6.07) is 4.50. The van der Waals surface area contributed by atoms with E-state index in [0.29, 0.717) is 25.1 Å². The monoisotopic (exact) mass is 280 g/mol. The third-order valence-corrected chi connectivity index (χ3v) is 3.45. The van der Waals surface area contributed by atoms with Gasteiger partial charge in [0.05, 0.1) is 12.6 Å². The summed E-state index contributed by atoms with van der Waals surface area (Å²) in [4.78, 5) is 13.5. The fraction of sp³-hybridized carbons (Fsp3) is 0.533. The molecule has 0 fully saturated rings. The molecule has 1 aliphatic rings. The molecule has 1 heterocycles. The second-order valence-corrected chi connectivity index (χ2v) is 5.14. The van der Waals surface area contributed by atoms with E-state index in [1.54, 1.807) is 6.07 Å². The van der Waals surface area contributed by atoms with E-state index in [1.165, 1.54) is 17.0 Å². The number of nitrogens with one attached hydrogen (secondary N) is 1. The van der Waals surface area contributed by atoms with Crippen LogP contribution in [0.15, 0.2) is 18.2 Å². The number of amides is 1. The van der Waals surface area contributed by atoms with Crippen LogP contribution in [0.1, 0.15) is 25.3 Å². The molecule has 1 unspecified atom stereocenters. The van der Waals surface area contributed by atoms with Crippen molar-refractivity contribution in [2.24, 2.45) is 0 Å². The zero-order chi connectivity index (χ0) is 14.5. The van der Waals surface area contributed by atoms with Crippen molar-refractivity contribution in [3.05, 3.63) is 29.6 Å². The lowest BCUT2D eigenvalue weighted by molar-refractivity contribution is -0.119. The van der Waals surface area contributed by atoms with E-state index in [2.05, 4.69) is 5.32 Å². The van der Waals surface area contributed by atoms with Crippen molar-refractivity contribution in [2.45, 2.75) is 32.3 Å². The second kappa shape index (κ2) is 6.81. The van der Waals surface area contributed by atoms with Gasteiger partial charge >= 0.3 is 0 Å². The first-order valence-electron chi connectivity index (χ1n) is 7.09. The Bertz CT molecular complexity index is 479. The van der Waals surface area contributed by atoms with Crippen LogP contribution in [0.5, 0.6) is 0 Å². The van der Waals surface area contributed by atoms with Crippen molar-refractivity contribution in [1.29, 1.82) is 0 Å². The topological polar surface area (TPSA) is 52.6 Å². The Morgan fingerprint density at radius 2 is 2.25 bits per heavy atom. The Morgan fingerprint density at radius 3 is 3.00 bits per heavy atom. The molecule has 4 nitrogen and oxygen atoms in total. The Morgan fingerprint density at radius 1 is 1.45 bits per heavy atom. The van der Waals surface area contributed by atoms with Gasteiger partial charge in [0.1, 0.15) is 5.82 Å². The lowest BCUT2D eigenvalue weighted by Gasteiger charge is -2.31. The van der Waals surface area contributed by atoms with E-state index in [0.717, 1.165) is 18.5 Å². The molecule has 1 atom stereocenters. The van der Waals surface area contributed by atoms with Gasteiger partial charge in [-0.3, -0.25) is 4.79 Å². The summed E-state index contributed by atoms with van der Waals surface area (Å²) < 4.78 is 13.4. The fourth-order valence-electron chi connectivity index (χ4n) is 2.43. The zero-order valence-electron chi connectivity index (χ0n) is 11.7. The van der Waals surface area contributed by atoms with Gasteiger partial charge in [-0.1, -0.05) is 13.0 Å². The standard InChI is InChI=1S/C15H21FN2O2/c1-2-7-17-9-13(19)10-18-14-8-12(16)5-3-11(14)4-6-15(18)20/h3,5,8,13,17,19H,2,4,6-7,9-10H2,1H3. The number of aryl methyl sites for hydroxylation is 1. The number of rotatable bonds is 6. The van der Waals surface area contributed by atoms with Crippen LogP contribution in [0.4, 0.5) is 10.1 Å². The van der Waals surface area contributed by atoms with Crippen LogP contribution in [0.2, 0.25) is 0 Å². The molecular formula is C15H21FN2O2. The van der Waals surface area contributed by atoms with E-state index in [4.69, 9.17) is 0 Å². The molecule has 110 valence electrons. The van der Waals surface area contributed by atoms with Crippen molar-refractivity contribution < 1.29 is 14.3 Å². The Kier molecular flexibility index (Phi) is 5.09. The number of fused-ring (bicyclic) bond motifs is 1. The molecule has 0 bridgehead atoms. The van der Waals surface area contributed by atoms with E-state index < -0.39 is 6.10 Å². The Labute approximate surface area is 118 Å². The number of carbonyl (C=O) groups is 1. The molecule has 1 aromatic carbocycles. The molecular weight excluding hydrogens is 259 g/mol.